The zero-order valence-electron chi connectivity index (χ0n) is 11.5. The van der Waals surface area contributed by atoms with E-state index >= 15 is 0 Å². The van der Waals surface area contributed by atoms with Crippen LogP contribution in [0.4, 0.5) is 0 Å². The molecule has 1 unspecified atom stereocenters. The van der Waals surface area contributed by atoms with Crippen LogP contribution in [0, 0.1) is 0 Å². The van der Waals surface area contributed by atoms with Crippen LogP contribution in [-0.2, 0) is 20.7 Å². The van der Waals surface area contributed by atoms with Gasteiger partial charge in [-0.25, -0.2) is 0 Å². The Balaban J connectivity index is 2.30. The maximum Gasteiger partial charge on any atom is 0.320 e. The van der Waals surface area contributed by atoms with E-state index in [0.29, 0.717) is 12.8 Å². The molecule has 0 heterocycles. The normalized spacial score (nSPS) is 11.6. The lowest BCUT2D eigenvalue weighted by atomic mass is 10.1. The Morgan fingerprint density at radius 3 is 2.45 bits per heavy atom. The first-order chi connectivity index (χ1) is 9.56. The largest absolute Gasteiger partial charge is 0.497 e. The molecular formula is C14H18INO4. The van der Waals surface area contributed by atoms with Crippen molar-refractivity contribution in [2.45, 2.75) is 16.8 Å². The minimum Gasteiger partial charge on any atom is -0.497 e. The van der Waals surface area contributed by atoms with Crippen LogP contribution >= 0.6 is 22.6 Å². The number of amides is 1. The smallest absolute Gasteiger partial charge is 0.320 e. The molecular weight excluding hydrogens is 373 g/mol. The van der Waals surface area contributed by atoms with Crippen LogP contribution in [0.2, 0.25) is 0 Å². The van der Waals surface area contributed by atoms with Crippen molar-refractivity contribution in [2.24, 2.45) is 0 Å². The molecule has 5 nitrogen and oxygen atoms in total. The fraction of sp³-hybridized carbons (Fsp3) is 0.429. The zero-order valence-corrected chi connectivity index (χ0v) is 13.7. The Bertz CT molecular complexity index is 447. The molecule has 110 valence electrons. The van der Waals surface area contributed by atoms with E-state index in [9.17, 15) is 9.59 Å². The maximum absolute atomic E-state index is 11.7. The average Bonchev–Trinajstić information content (AvgIpc) is 2.50. The highest BCUT2D eigenvalue weighted by Crippen LogP contribution is 2.12. The lowest BCUT2D eigenvalue weighted by molar-refractivity contribution is -0.139. The molecule has 1 atom stereocenters. The third-order valence-corrected chi connectivity index (χ3v) is 3.68. The third kappa shape index (κ3) is 5.77. The predicted octanol–water partition coefficient (Wildman–Crippen LogP) is 1.72. The molecule has 0 aliphatic carbocycles. The van der Waals surface area contributed by atoms with Gasteiger partial charge in [-0.2, -0.15) is 0 Å². The minimum atomic E-state index is -0.359. The van der Waals surface area contributed by atoms with Crippen molar-refractivity contribution >= 4 is 34.5 Å². The number of carbonyl (C=O) groups is 2. The lowest BCUT2D eigenvalue weighted by Crippen LogP contribution is -2.33. The summed E-state index contributed by atoms with van der Waals surface area (Å²) in [5.41, 5.74) is 1.07. The number of halogens is 1. The lowest BCUT2D eigenvalue weighted by Gasteiger charge is -2.09. The molecule has 1 N–H and O–H groups in total. The molecule has 0 saturated carbocycles. The molecule has 0 bridgehead atoms. The van der Waals surface area contributed by atoms with Crippen LogP contribution < -0.4 is 10.1 Å². The SMILES string of the molecule is COC(=O)C(I)CNC(=O)CCc1ccc(OC)cc1. The van der Waals surface area contributed by atoms with E-state index in [-0.39, 0.29) is 22.3 Å². The standard InChI is InChI=1S/C14H18INO4/c1-19-11-6-3-10(4-7-11)5-8-13(17)16-9-12(15)14(18)20-2/h3-4,6-7,12H,5,8-9H2,1-2H3,(H,16,17). The molecule has 0 aromatic heterocycles. The number of hydrogen-bond donors (Lipinski definition) is 1. The molecule has 1 rings (SSSR count). The molecule has 1 aromatic carbocycles. The monoisotopic (exact) mass is 391 g/mol. The van der Waals surface area contributed by atoms with Crippen molar-refractivity contribution in [3.63, 3.8) is 0 Å². The molecule has 6 heteroatoms. The van der Waals surface area contributed by atoms with Crippen molar-refractivity contribution in [2.75, 3.05) is 20.8 Å². The van der Waals surface area contributed by atoms with E-state index in [1.54, 1.807) is 7.11 Å². The average molecular weight is 391 g/mol. The highest BCUT2D eigenvalue weighted by atomic mass is 127. The molecule has 1 amide bonds. The van der Waals surface area contributed by atoms with Crippen LogP contribution in [0.3, 0.4) is 0 Å². The first-order valence-corrected chi connectivity index (χ1v) is 7.43. The topological polar surface area (TPSA) is 64.6 Å². The molecule has 0 spiro atoms. The van der Waals surface area contributed by atoms with E-state index in [1.165, 1.54) is 7.11 Å². The van der Waals surface area contributed by atoms with Crippen LogP contribution in [0.15, 0.2) is 24.3 Å². The van der Waals surface area contributed by atoms with Crippen LogP contribution in [0.1, 0.15) is 12.0 Å². The van der Waals surface area contributed by atoms with E-state index < -0.39 is 0 Å². The Kier molecular flexibility index (Phi) is 7.35. The van der Waals surface area contributed by atoms with Crippen molar-refractivity contribution < 1.29 is 19.1 Å². The fourth-order valence-corrected chi connectivity index (χ4v) is 2.03. The fourth-order valence-electron chi connectivity index (χ4n) is 1.55. The number of hydrogen-bond acceptors (Lipinski definition) is 4. The summed E-state index contributed by atoms with van der Waals surface area (Å²) in [4.78, 5) is 22.8. The Morgan fingerprint density at radius 2 is 1.90 bits per heavy atom. The second-order valence-electron chi connectivity index (χ2n) is 4.14. The summed E-state index contributed by atoms with van der Waals surface area (Å²) in [7, 11) is 2.95. The van der Waals surface area contributed by atoms with Gasteiger partial charge in [-0.3, -0.25) is 9.59 Å². The van der Waals surface area contributed by atoms with Gasteiger partial charge in [0.25, 0.3) is 0 Å². The van der Waals surface area contributed by atoms with Crippen molar-refractivity contribution in [1.29, 1.82) is 0 Å². The second-order valence-corrected chi connectivity index (χ2v) is 5.65. The Hall–Kier alpha value is -1.31. The van der Waals surface area contributed by atoms with Gasteiger partial charge in [0.2, 0.25) is 5.91 Å². The zero-order chi connectivity index (χ0) is 15.0. The summed E-state index contributed by atoms with van der Waals surface area (Å²) in [6.07, 6.45) is 1.04. The minimum absolute atomic E-state index is 0.0774. The second kappa shape index (κ2) is 8.78. The molecule has 0 fully saturated rings. The van der Waals surface area contributed by atoms with Gasteiger partial charge in [-0.1, -0.05) is 34.7 Å². The van der Waals surface area contributed by atoms with Gasteiger partial charge in [-0.15, -0.1) is 0 Å². The number of esters is 1. The number of methoxy groups -OCH3 is 2. The van der Waals surface area contributed by atoms with Gasteiger partial charge in [-0.05, 0) is 24.1 Å². The summed E-state index contributed by atoms with van der Waals surface area (Å²) < 4.78 is 9.30. The molecule has 1 aromatic rings. The Morgan fingerprint density at radius 1 is 1.25 bits per heavy atom. The summed E-state index contributed by atoms with van der Waals surface area (Å²) in [5, 5.41) is 2.72. The van der Waals surface area contributed by atoms with E-state index in [2.05, 4.69) is 10.1 Å². The first kappa shape index (κ1) is 16.7. The number of nitrogens with one attached hydrogen (secondary N) is 1. The van der Waals surface area contributed by atoms with E-state index in [4.69, 9.17) is 4.74 Å². The highest BCUT2D eigenvalue weighted by Gasteiger charge is 2.15. The summed E-state index contributed by atoms with van der Waals surface area (Å²) in [6.45, 7) is 0.286. The summed E-state index contributed by atoms with van der Waals surface area (Å²) in [5.74, 6) is 0.386. The Labute approximate surface area is 132 Å². The van der Waals surface area contributed by atoms with E-state index in [1.807, 2.05) is 46.9 Å². The van der Waals surface area contributed by atoms with Gasteiger partial charge in [0.1, 0.15) is 9.67 Å². The highest BCUT2D eigenvalue weighted by molar-refractivity contribution is 14.1. The summed E-state index contributed by atoms with van der Waals surface area (Å²) >= 11 is 1.95. The molecule has 0 radical (unpaired) electrons. The number of rotatable bonds is 7. The van der Waals surface area contributed by atoms with E-state index in [0.717, 1.165) is 11.3 Å². The molecule has 0 saturated heterocycles. The number of ether oxygens (including phenoxy) is 2. The van der Waals surface area contributed by atoms with Crippen LogP contribution in [-0.4, -0.2) is 36.6 Å². The van der Waals surface area contributed by atoms with Gasteiger partial charge in [0.15, 0.2) is 0 Å². The third-order valence-electron chi connectivity index (χ3n) is 2.74. The number of aryl methyl sites for hydroxylation is 1. The number of alkyl halides is 1. The summed E-state index contributed by atoms with van der Waals surface area (Å²) in [6, 6.07) is 7.60. The number of carbonyl (C=O) groups excluding carboxylic acids is 2. The van der Waals surface area contributed by atoms with Crippen LogP contribution in [0.5, 0.6) is 5.75 Å². The van der Waals surface area contributed by atoms with Gasteiger partial charge < -0.3 is 14.8 Å². The maximum atomic E-state index is 11.7. The number of benzene rings is 1. The molecule has 0 aliphatic heterocycles. The van der Waals surface area contributed by atoms with Gasteiger partial charge >= 0.3 is 5.97 Å². The van der Waals surface area contributed by atoms with Crippen LogP contribution in [0.25, 0.3) is 0 Å². The predicted molar refractivity (Wildman–Crippen MR) is 84.1 cm³/mol. The molecule has 0 aliphatic rings. The quantitative estimate of drug-likeness (QED) is 0.437. The van der Waals surface area contributed by atoms with Gasteiger partial charge in [0.05, 0.1) is 14.2 Å². The van der Waals surface area contributed by atoms with Crippen molar-refractivity contribution in [1.82, 2.24) is 5.32 Å². The molecule has 20 heavy (non-hydrogen) atoms. The van der Waals surface area contributed by atoms with Gasteiger partial charge in [0, 0.05) is 13.0 Å². The van der Waals surface area contributed by atoms with Crippen molar-refractivity contribution in [3.05, 3.63) is 29.8 Å². The van der Waals surface area contributed by atoms with Crippen molar-refractivity contribution in [3.8, 4) is 5.75 Å². The first-order valence-electron chi connectivity index (χ1n) is 6.18.